The van der Waals surface area contributed by atoms with Gasteiger partial charge in [-0.3, -0.25) is 0 Å². The Balaban J connectivity index is 2.19. The minimum atomic E-state index is 0.176. The molecule has 0 radical (unpaired) electrons. The summed E-state index contributed by atoms with van der Waals surface area (Å²) in [5.74, 6) is 0.465. The lowest BCUT2D eigenvalue weighted by molar-refractivity contribution is -0.117. The van der Waals surface area contributed by atoms with Crippen molar-refractivity contribution in [3.05, 3.63) is 20.9 Å². The Hall–Kier alpha value is -0.710. The van der Waals surface area contributed by atoms with Gasteiger partial charge in [-0.25, -0.2) is 9.97 Å². The van der Waals surface area contributed by atoms with Crippen LogP contribution >= 0.6 is 34.5 Å². The van der Waals surface area contributed by atoms with Gasteiger partial charge in [-0.05, 0) is 42.8 Å². The van der Waals surface area contributed by atoms with E-state index in [-0.39, 0.29) is 17.0 Å². The monoisotopic (exact) mass is 300 g/mol. The van der Waals surface area contributed by atoms with Crippen LogP contribution in [0.15, 0.2) is 0 Å². The fourth-order valence-corrected chi connectivity index (χ4v) is 4.48. The van der Waals surface area contributed by atoms with E-state index in [1.165, 1.54) is 10.4 Å². The minimum absolute atomic E-state index is 0.176. The van der Waals surface area contributed by atoms with Gasteiger partial charge in [-0.2, -0.15) is 0 Å². The minimum Gasteiger partial charge on any atom is -0.300 e. The van der Waals surface area contributed by atoms with Gasteiger partial charge in [0.2, 0.25) is 5.28 Å². The summed E-state index contributed by atoms with van der Waals surface area (Å²) < 4.78 is 0. The van der Waals surface area contributed by atoms with E-state index < -0.39 is 0 Å². The van der Waals surface area contributed by atoms with Crippen LogP contribution in [0.1, 0.15) is 36.1 Å². The van der Waals surface area contributed by atoms with Crippen LogP contribution in [-0.4, -0.2) is 15.8 Å². The molecule has 1 aliphatic rings. The molecule has 0 N–H and O–H groups in total. The molecule has 0 aromatic carbocycles. The van der Waals surface area contributed by atoms with Gasteiger partial charge >= 0.3 is 0 Å². The first-order valence-electron chi connectivity index (χ1n) is 5.70. The van der Waals surface area contributed by atoms with Gasteiger partial charge in [-0.15, -0.1) is 11.3 Å². The van der Waals surface area contributed by atoms with Gasteiger partial charge in [0.25, 0.3) is 0 Å². The molecule has 0 amide bonds. The number of rotatable bonds is 2. The van der Waals surface area contributed by atoms with Crippen molar-refractivity contribution in [1.82, 2.24) is 9.97 Å². The average molecular weight is 301 g/mol. The van der Waals surface area contributed by atoms with E-state index in [1.807, 2.05) is 0 Å². The van der Waals surface area contributed by atoms with Crippen LogP contribution in [0.3, 0.4) is 0 Å². The Labute approximate surface area is 118 Å². The first-order chi connectivity index (χ1) is 8.56. The normalized spacial score (nSPS) is 18.3. The molecule has 0 fully saturated rings. The number of hydrogen-bond acceptors (Lipinski definition) is 4. The Morgan fingerprint density at radius 3 is 2.94 bits per heavy atom. The van der Waals surface area contributed by atoms with E-state index in [9.17, 15) is 4.79 Å². The van der Waals surface area contributed by atoms with E-state index in [0.29, 0.717) is 11.6 Å². The number of nitrogens with zero attached hydrogens (tertiary/aromatic N) is 2. The lowest BCUT2D eigenvalue weighted by Crippen LogP contribution is -2.01. The van der Waals surface area contributed by atoms with Crippen molar-refractivity contribution in [1.29, 1.82) is 0 Å². The lowest BCUT2D eigenvalue weighted by atomic mass is 9.96. The second-order valence-corrected chi connectivity index (χ2v) is 6.32. The molecule has 2 aromatic rings. The molecule has 0 saturated heterocycles. The van der Waals surface area contributed by atoms with Crippen LogP contribution in [0.4, 0.5) is 0 Å². The third kappa shape index (κ3) is 1.92. The smallest absolute Gasteiger partial charge is 0.225 e. The van der Waals surface area contributed by atoms with E-state index >= 15 is 0 Å². The van der Waals surface area contributed by atoms with Crippen LogP contribution in [0.5, 0.6) is 0 Å². The molecular weight excluding hydrogens is 291 g/mol. The second kappa shape index (κ2) is 4.44. The van der Waals surface area contributed by atoms with Crippen LogP contribution in [0.2, 0.25) is 10.4 Å². The predicted molar refractivity (Wildman–Crippen MR) is 73.8 cm³/mol. The first kappa shape index (κ1) is 12.3. The van der Waals surface area contributed by atoms with Crippen LogP contribution < -0.4 is 0 Å². The first-order valence-corrected chi connectivity index (χ1v) is 7.27. The Morgan fingerprint density at radius 1 is 1.44 bits per heavy atom. The predicted octanol–water partition coefficient (Wildman–Crippen LogP) is 4.01. The maximum absolute atomic E-state index is 11.3. The molecular formula is C12H10Cl2N2OS. The maximum atomic E-state index is 11.3. The number of carbonyl (C=O) groups is 1. The number of thiophene rings is 1. The highest BCUT2D eigenvalue weighted by Crippen LogP contribution is 2.46. The fourth-order valence-electron chi connectivity index (χ4n) is 2.62. The summed E-state index contributed by atoms with van der Waals surface area (Å²) in [6.07, 6.45) is 2.57. The molecule has 3 nitrogen and oxygen atoms in total. The molecule has 1 atom stereocenters. The van der Waals surface area contributed by atoms with Gasteiger partial charge in [0.05, 0.1) is 5.39 Å². The molecule has 2 aromatic heterocycles. The molecule has 0 aliphatic heterocycles. The number of Topliss-reactive ketones (excluding diaryl/α,β-unsaturated/α-hetero) is 1. The zero-order valence-corrected chi connectivity index (χ0v) is 12.0. The van der Waals surface area contributed by atoms with Crippen molar-refractivity contribution < 1.29 is 4.79 Å². The standard InChI is InChI=1S/C12H10Cl2N2OS/c1-5(17)4-6-2-3-7-8(6)9-10(13)15-12(14)16-11(9)18-7/h6H,2-4H2,1H3/t6-/m1/s1. The zero-order chi connectivity index (χ0) is 12.9. The van der Waals surface area contributed by atoms with Crippen molar-refractivity contribution in [3.63, 3.8) is 0 Å². The van der Waals surface area contributed by atoms with Gasteiger partial charge in [0.15, 0.2) is 0 Å². The van der Waals surface area contributed by atoms with Crippen molar-refractivity contribution in [2.45, 2.75) is 32.1 Å². The van der Waals surface area contributed by atoms with E-state index in [2.05, 4.69) is 9.97 Å². The maximum Gasteiger partial charge on any atom is 0.225 e. The quantitative estimate of drug-likeness (QED) is 0.622. The largest absolute Gasteiger partial charge is 0.300 e. The molecule has 1 aliphatic carbocycles. The number of aromatic nitrogens is 2. The Morgan fingerprint density at radius 2 is 2.22 bits per heavy atom. The molecule has 0 unspecified atom stereocenters. The molecule has 0 spiro atoms. The number of hydrogen-bond donors (Lipinski definition) is 0. The van der Waals surface area contributed by atoms with Crippen molar-refractivity contribution in [2.75, 3.05) is 0 Å². The number of ketones is 1. The summed E-state index contributed by atoms with van der Waals surface area (Å²) in [7, 11) is 0. The van der Waals surface area contributed by atoms with E-state index in [4.69, 9.17) is 23.2 Å². The summed E-state index contributed by atoms with van der Waals surface area (Å²) in [5, 5.41) is 1.47. The van der Waals surface area contributed by atoms with Gasteiger partial charge in [-0.1, -0.05) is 11.6 Å². The van der Waals surface area contributed by atoms with Crippen molar-refractivity contribution >= 4 is 50.5 Å². The second-order valence-electron chi connectivity index (χ2n) is 4.54. The highest BCUT2D eigenvalue weighted by Gasteiger charge is 2.30. The van der Waals surface area contributed by atoms with Crippen LogP contribution in [0.25, 0.3) is 10.2 Å². The number of aryl methyl sites for hydroxylation is 1. The van der Waals surface area contributed by atoms with E-state index in [1.54, 1.807) is 18.3 Å². The van der Waals surface area contributed by atoms with Crippen molar-refractivity contribution in [3.8, 4) is 0 Å². The summed E-state index contributed by atoms with van der Waals surface area (Å²) in [6.45, 7) is 1.63. The third-order valence-electron chi connectivity index (χ3n) is 3.26. The summed E-state index contributed by atoms with van der Waals surface area (Å²) in [6, 6.07) is 0. The average Bonchev–Trinajstić information content (AvgIpc) is 2.77. The highest BCUT2D eigenvalue weighted by molar-refractivity contribution is 7.19. The van der Waals surface area contributed by atoms with E-state index in [0.717, 1.165) is 23.1 Å². The van der Waals surface area contributed by atoms with Crippen LogP contribution in [0, 0.1) is 0 Å². The number of halogens is 2. The Bertz CT molecular complexity index is 653. The fraction of sp³-hybridized carbons (Fsp3) is 0.417. The highest BCUT2D eigenvalue weighted by atomic mass is 35.5. The molecule has 6 heteroatoms. The number of carbonyl (C=O) groups excluding carboxylic acids is 1. The lowest BCUT2D eigenvalue weighted by Gasteiger charge is -2.08. The Kier molecular flexibility index (Phi) is 3.04. The SMILES string of the molecule is CC(=O)C[C@H]1CCc2sc3nc(Cl)nc(Cl)c3c21. The van der Waals surface area contributed by atoms with Crippen molar-refractivity contribution in [2.24, 2.45) is 0 Å². The van der Waals surface area contributed by atoms with Gasteiger partial charge in [0.1, 0.15) is 15.8 Å². The summed E-state index contributed by atoms with van der Waals surface area (Å²) >= 11 is 13.6. The molecule has 0 saturated carbocycles. The molecule has 94 valence electrons. The molecule has 2 heterocycles. The molecule has 18 heavy (non-hydrogen) atoms. The zero-order valence-electron chi connectivity index (χ0n) is 9.67. The number of fused-ring (bicyclic) bond motifs is 3. The van der Waals surface area contributed by atoms with Gasteiger partial charge in [0, 0.05) is 11.3 Å². The third-order valence-corrected chi connectivity index (χ3v) is 4.86. The summed E-state index contributed by atoms with van der Waals surface area (Å²) in [4.78, 5) is 21.7. The molecule has 0 bridgehead atoms. The summed E-state index contributed by atoms with van der Waals surface area (Å²) in [5.41, 5.74) is 1.17. The van der Waals surface area contributed by atoms with Crippen LogP contribution in [-0.2, 0) is 11.2 Å². The van der Waals surface area contributed by atoms with Gasteiger partial charge < -0.3 is 4.79 Å². The topological polar surface area (TPSA) is 42.9 Å². The molecule has 3 rings (SSSR count).